The molecule has 0 aliphatic rings. The zero-order valence-corrected chi connectivity index (χ0v) is 13.9. The van der Waals surface area contributed by atoms with Gasteiger partial charge in [-0.1, -0.05) is 40.8 Å². The molecule has 0 aliphatic carbocycles. The zero-order valence-electron chi connectivity index (χ0n) is 10.9. The lowest BCUT2D eigenvalue weighted by molar-refractivity contribution is 0.262. The number of urea groups is 1. The first-order valence-electron chi connectivity index (χ1n) is 6.03. The van der Waals surface area contributed by atoms with Crippen LogP contribution in [0.15, 0.2) is 59.5 Å². The number of anilines is 2. The predicted octanol–water partition coefficient (Wildman–Crippen LogP) is 3.50. The van der Waals surface area contributed by atoms with Gasteiger partial charge in [-0.2, -0.15) is 0 Å². The monoisotopic (exact) mass is 416 g/mol. The summed E-state index contributed by atoms with van der Waals surface area (Å²) in [5.74, 6) is 0. The Kier molecular flexibility index (Phi) is 5.18. The highest BCUT2D eigenvalue weighted by Gasteiger charge is 2.12. The third kappa shape index (κ3) is 4.43. The lowest BCUT2D eigenvalue weighted by Crippen LogP contribution is -2.19. The summed E-state index contributed by atoms with van der Waals surface area (Å²) in [7, 11) is -3.23. The summed E-state index contributed by atoms with van der Waals surface area (Å²) in [5, 5.41) is 5.32. The summed E-state index contributed by atoms with van der Waals surface area (Å²) < 4.78 is 23.4. The minimum absolute atomic E-state index is 0.0199. The van der Waals surface area contributed by atoms with Gasteiger partial charge in [-0.3, -0.25) is 0 Å². The maximum absolute atomic E-state index is 11.8. The molecule has 0 atom stereocenters. The molecule has 0 saturated heterocycles. The van der Waals surface area contributed by atoms with Crippen molar-refractivity contribution in [3.8, 4) is 0 Å². The maximum atomic E-state index is 11.8. The van der Waals surface area contributed by atoms with E-state index in [0.29, 0.717) is 11.4 Å². The molecule has 7 heteroatoms. The third-order valence-electron chi connectivity index (χ3n) is 2.65. The van der Waals surface area contributed by atoms with Crippen LogP contribution in [0.25, 0.3) is 0 Å². The molecule has 2 aromatic rings. The number of hydrogen-bond donors (Lipinski definition) is 2. The van der Waals surface area contributed by atoms with Crippen LogP contribution in [0.4, 0.5) is 16.2 Å². The molecule has 110 valence electrons. The SMILES string of the molecule is O=C(Nc1ccccc1)Nc1ccc(S(=O)(=O)CI)cc1. The van der Waals surface area contributed by atoms with E-state index in [1.807, 2.05) is 40.8 Å². The van der Waals surface area contributed by atoms with Gasteiger partial charge in [-0.15, -0.1) is 0 Å². The summed E-state index contributed by atoms with van der Waals surface area (Å²) in [6.45, 7) is 0. The molecule has 0 bridgehead atoms. The lowest BCUT2D eigenvalue weighted by Gasteiger charge is -2.08. The van der Waals surface area contributed by atoms with Crippen molar-refractivity contribution in [3.63, 3.8) is 0 Å². The van der Waals surface area contributed by atoms with E-state index >= 15 is 0 Å². The molecule has 2 rings (SSSR count). The van der Waals surface area contributed by atoms with Crippen molar-refractivity contribution in [1.82, 2.24) is 0 Å². The maximum Gasteiger partial charge on any atom is 0.323 e. The molecule has 5 nitrogen and oxygen atoms in total. The van der Waals surface area contributed by atoms with Crippen molar-refractivity contribution in [1.29, 1.82) is 0 Å². The van der Waals surface area contributed by atoms with E-state index in [1.165, 1.54) is 12.1 Å². The molecule has 2 aromatic carbocycles. The highest BCUT2D eigenvalue weighted by Crippen LogP contribution is 2.17. The average Bonchev–Trinajstić information content (AvgIpc) is 2.48. The van der Waals surface area contributed by atoms with E-state index in [9.17, 15) is 13.2 Å². The third-order valence-corrected chi connectivity index (χ3v) is 6.38. The average molecular weight is 416 g/mol. The highest BCUT2D eigenvalue weighted by atomic mass is 127. The summed E-state index contributed by atoms with van der Waals surface area (Å²) in [6, 6.07) is 14.7. The van der Waals surface area contributed by atoms with Gasteiger partial charge in [0.15, 0.2) is 9.84 Å². The van der Waals surface area contributed by atoms with Gasteiger partial charge in [-0.05, 0) is 36.4 Å². The van der Waals surface area contributed by atoms with Crippen LogP contribution < -0.4 is 10.6 Å². The minimum Gasteiger partial charge on any atom is -0.308 e. The fourth-order valence-electron chi connectivity index (χ4n) is 1.62. The number of alkyl halides is 1. The molecule has 2 N–H and O–H groups in total. The topological polar surface area (TPSA) is 75.3 Å². The van der Waals surface area contributed by atoms with Crippen molar-refractivity contribution in [2.24, 2.45) is 0 Å². The number of rotatable bonds is 4. The summed E-state index contributed by atoms with van der Waals surface area (Å²) in [4.78, 5) is 12.0. The quantitative estimate of drug-likeness (QED) is 0.592. The minimum atomic E-state index is -3.23. The smallest absolute Gasteiger partial charge is 0.308 e. The molecule has 0 fully saturated rings. The molecule has 0 unspecified atom stereocenters. The van der Waals surface area contributed by atoms with Crippen LogP contribution in [-0.4, -0.2) is 18.2 Å². The van der Waals surface area contributed by atoms with Gasteiger partial charge in [0.25, 0.3) is 0 Å². The lowest BCUT2D eigenvalue weighted by atomic mass is 10.3. The fraction of sp³-hybridized carbons (Fsp3) is 0.0714. The summed E-state index contributed by atoms with van der Waals surface area (Å²) in [6.07, 6.45) is 0. The first-order valence-corrected chi connectivity index (χ1v) is 9.21. The van der Waals surface area contributed by atoms with Gasteiger partial charge in [0.1, 0.15) is 3.76 Å². The van der Waals surface area contributed by atoms with Gasteiger partial charge >= 0.3 is 6.03 Å². The van der Waals surface area contributed by atoms with Crippen molar-refractivity contribution in [2.45, 2.75) is 4.90 Å². The molecule has 0 aromatic heterocycles. The Morgan fingerprint density at radius 2 is 1.43 bits per heavy atom. The Morgan fingerprint density at radius 1 is 0.905 bits per heavy atom. The normalized spacial score (nSPS) is 10.9. The molecule has 0 saturated carbocycles. The summed E-state index contributed by atoms with van der Waals surface area (Å²) >= 11 is 1.81. The van der Waals surface area contributed by atoms with Crippen LogP contribution in [0.5, 0.6) is 0 Å². The second-order valence-electron chi connectivity index (χ2n) is 4.19. The number of halogens is 1. The van der Waals surface area contributed by atoms with Crippen molar-refractivity contribution >= 4 is 49.8 Å². The fourth-order valence-corrected chi connectivity index (χ4v) is 3.38. The number of carbonyl (C=O) groups excluding carboxylic acids is 1. The second-order valence-corrected chi connectivity index (χ2v) is 7.98. The first kappa shape index (κ1) is 15.8. The van der Waals surface area contributed by atoms with Crippen molar-refractivity contribution in [2.75, 3.05) is 14.4 Å². The predicted molar refractivity (Wildman–Crippen MR) is 91.6 cm³/mol. The van der Waals surface area contributed by atoms with Crippen LogP contribution in [0, 0.1) is 0 Å². The van der Waals surface area contributed by atoms with Gasteiger partial charge in [-0.25, -0.2) is 13.2 Å². The highest BCUT2D eigenvalue weighted by molar-refractivity contribution is 14.1. The largest absolute Gasteiger partial charge is 0.323 e. The molecule has 0 spiro atoms. The van der Waals surface area contributed by atoms with Crippen molar-refractivity contribution in [3.05, 3.63) is 54.6 Å². The Morgan fingerprint density at radius 3 is 1.95 bits per heavy atom. The Bertz CT molecular complexity index is 716. The van der Waals surface area contributed by atoms with E-state index in [0.717, 1.165) is 0 Å². The van der Waals surface area contributed by atoms with E-state index in [2.05, 4.69) is 10.6 Å². The van der Waals surface area contributed by atoms with Crippen LogP contribution in [0.3, 0.4) is 0 Å². The molecule has 2 amide bonds. The molecule has 0 heterocycles. The second kappa shape index (κ2) is 6.90. The molecule has 0 aliphatic heterocycles. The number of amides is 2. The molecular formula is C14H13IN2O3S. The van der Waals surface area contributed by atoms with Crippen molar-refractivity contribution < 1.29 is 13.2 Å². The Labute approximate surface area is 136 Å². The number of hydrogen-bond acceptors (Lipinski definition) is 3. The molecule has 0 radical (unpaired) electrons. The van der Waals surface area contributed by atoms with Gasteiger partial charge in [0, 0.05) is 11.4 Å². The number of benzene rings is 2. The van der Waals surface area contributed by atoms with Crippen LogP contribution in [0.2, 0.25) is 0 Å². The number of carbonyl (C=O) groups is 1. The van der Waals surface area contributed by atoms with Gasteiger partial charge in [0.2, 0.25) is 0 Å². The van der Waals surface area contributed by atoms with Crippen LogP contribution in [0.1, 0.15) is 0 Å². The van der Waals surface area contributed by atoms with Gasteiger partial charge in [0.05, 0.1) is 4.90 Å². The van der Waals surface area contributed by atoms with E-state index in [4.69, 9.17) is 0 Å². The first-order chi connectivity index (χ1) is 10.0. The van der Waals surface area contributed by atoms with E-state index in [-0.39, 0.29) is 14.7 Å². The number of sulfone groups is 1. The standard InChI is InChI=1S/C14H13IN2O3S/c15-10-21(19,20)13-8-6-12(7-9-13)17-14(18)16-11-4-2-1-3-5-11/h1-9H,10H2,(H2,16,17,18). The van der Waals surface area contributed by atoms with E-state index < -0.39 is 9.84 Å². The molecular weight excluding hydrogens is 403 g/mol. The number of para-hydroxylation sites is 1. The molecule has 21 heavy (non-hydrogen) atoms. The zero-order chi connectivity index (χ0) is 15.3. The Balaban J connectivity index is 2.02. The number of nitrogens with one attached hydrogen (secondary N) is 2. The van der Waals surface area contributed by atoms with Gasteiger partial charge < -0.3 is 10.6 Å². The van der Waals surface area contributed by atoms with Crippen LogP contribution >= 0.6 is 22.6 Å². The summed E-state index contributed by atoms with van der Waals surface area (Å²) in [5.41, 5.74) is 1.20. The van der Waals surface area contributed by atoms with Crippen LogP contribution in [-0.2, 0) is 9.84 Å². The Hall–Kier alpha value is -1.61. The van der Waals surface area contributed by atoms with E-state index in [1.54, 1.807) is 24.3 Å².